The molecule has 0 bridgehead atoms. The van der Waals surface area contributed by atoms with Crippen LogP contribution in [0.2, 0.25) is 0 Å². The van der Waals surface area contributed by atoms with Crippen molar-refractivity contribution in [1.82, 2.24) is 5.43 Å². The molecule has 0 radical (unpaired) electrons. The van der Waals surface area contributed by atoms with Gasteiger partial charge < -0.3 is 5.43 Å². The van der Waals surface area contributed by atoms with Gasteiger partial charge in [-0.2, -0.15) is 0 Å². The van der Waals surface area contributed by atoms with Crippen LogP contribution in [0.25, 0.3) is 0 Å². The van der Waals surface area contributed by atoms with Gasteiger partial charge in [-0.25, -0.2) is 5.84 Å². The topological polar surface area (TPSA) is 50.4 Å². The second-order valence-electron chi connectivity index (χ2n) is 4.19. The lowest BCUT2D eigenvalue weighted by molar-refractivity contribution is 0.701. The van der Waals surface area contributed by atoms with Gasteiger partial charge in [-0.1, -0.05) is 19.8 Å². The van der Waals surface area contributed by atoms with Gasteiger partial charge in [0, 0.05) is 0 Å². The zero-order chi connectivity index (χ0) is 11.4. The molecule has 1 aromatic heterocycles. The molecule has 1 fully saturated rings. The van der Waals surface area contributed by atoms with Gasteiger partial charge in [0.15, 0.2) is 5.84 Å². The molecule has 2 rings (SSSR count). The van der Waals surface area contributed by atoms with Crippen LogP contribution in [0.3, 0.4) is 0 Å². The van der Waals surface area contributed by atoms with Crippen molar-refractivity contribution in [2.24, 2.45) is 10.8 Å². The number of rotatable bonds is 3. The van der Waals surface area contributed by atoms with Crippen molar-refractivity contribution in [3.05, 3.63) is 21.9 Å². The summed E-state index contributed by atoms with van der Waals surface area (Å²) in [6.45, 7) is 2.16. The third-order valence-corrected chi connectivity index (χ3v) is 4.08. The minimum absolute atomic E-state index is 0.470. The zero-order valence-corrected chi connectivity index (χ0v) is 10.5. The van der Waals surface area contributed by atoms with E-state index < -0.39 is 0 Å². The summed E-state index contributed by atoms with van der Waals surface area (Å²) in [6, 6.07) is 2.62. The third kappa shape index (κ3) is 2.44. The fourth-order valence-electron chi connectivity index (χ4n) is 2.20. The molecule has 0 unspecified atom stereocenters. The second kappa shape index (κ2) is 5.46. The highest BCUT2D eigenvalue weighted by Gasteiger charge is 2.16. The summed E-state index contributed by atoms with van der Waals surface area (Å²) < 4.78 is 0. The van der Waals surface area contributed by atoms with Crippen molar-refractivity contribution in [2.45, 2.75) is 45.1 Å². The van der Waals surface area contributed by atoms with Gasteiger partial charge in [-0.3, -0.25) is 4.99 Å². The Hall–Kier alpha value is -0.870. The molecule has 0 aliphatic heterocycles. The summed E-state index contributed by atoms with van der Waals surface area (Å²) in [4.78, 5) is 5.94. The lowest BCUT2D eigenvalue weighted by atomic mass is 10.2. The predicted octanol–water partition coefficient (Wildman–Crippen LogP) is 2.46. The summed E-state index contributed by atoms with van der Waals surface area (Å²) in [5, 5.41) is 2.11. The average Bonchev–Trinajstić information content (AvgIpc) is 2.96. The minimum Gasteiger partial charge on any atom is -0.308 e. The summed E-state index contributed by atoms with van der Waals surface area (Å²) in [6.07, 6.45) is 6.05. The van der Waals surface area contributed by atoms with Crippen LogP contribution in [0.4, 0.5) is 0 Å². The number of nitrogens with one attached hydrogen (secondary N) is 1. The zero-order valence-electron chi connectivity index (χ0n) is 9.70. The molecule has 4 heteroatoms. The Bertz CT molecular complexity index is 364. The molecule has 88 valence electrons. The SMILES string of the molecule is CCc1ccsc1C(=NC1CCCC1)NN. The third-order valence-electron chi connectivity index (χ3n) is 3.12. The number of nitrogens with zero attached hydrogens (tertiary/aromatic N) is 1. The minimum atomic E-state index is 0.470. The number of hydrogen-bond donors (Lipinski definition) is 2. The molecule has 3 N–H and O–H groups in total. The first kappa shape index (κ1) is 11.6. The van der Waals surface area contributed by atoms with Gasteiger partial charge in [-0.15, -0.1) is 11.3 Å². The first-order chi connectivity index (χ1) is 7.85. The monoisotopic (exact) mass is 237 g/mol. The molecule has 0 saturated heterocycles. The Kier molecular flexibility index (Phi) is 3.96. The smallest absolute Gasteiger partial charge is 0.153 e. The number of aliphatic imine (C=N–C) groups is 1. The Morgan fingerprint density at radius 1 is 1.56 bits per heavy atom. The summed E-state index contributed by atoms with van der Waals surface area (Å²) in [5.41, 5.74) is 4.10. The Morgan fingerprint density at radius 2 is 2.31 bits per heavy atom. The van der Waals surface area contributed by atoms with E-state index in [0.717, 1.165) is 12.3 Å². The van der Waals surface area contributed by atoms with Gasteiger partial charge in [0.25, 0.3) is 0 Å². The van der Waals surface area contributed by atoms with E-state index in [-0.39, 0.29) is 0 Å². The van der Waals surface area contributed by atoms with E-state index in [0.29, 0.717) is 6.04 Å². The molecular weight excluding hydrogens is 218 g/mol. The molecule has 1 aliphatic carbocycles. The van der Waals surface area contributed by atoms with Crippen LogP contribution in [-0.2, 0) is 6.42 Å². The number of thiophene rings is 1. The van der Waals surface area contributed by atoms with Crippen LogP contribution in [0.15, 0.2) is 16.4 Å². The van der Waals surface area contributed by atoms with Crippen molar-refractivity contribution < 1.29 is 0 Å². The largest absolute Gasteiger partial charge is 0.308 e. The molecule has 1 aliphatic rings. The van der Waals surface area contributed by atoms with Crippen molar-refractivity contribution >= 4 is 17.2 Å². The van der Waals surface area contributed by atoms with Gasteiger partial charge in [0.05, 0.1) is 10.9 Å². The quantitative estimate of drug-likeness (QED) is 0.367. The first-order valence-corrected chi connectivity index (χ1v) is 6.84. The lowest BCUT2D eigenvalue weighted by Gasteiger charge is -2.09. The molecule has 0 spiro atoms. The van der Waals surface area contributed by atoms with Gasteiger partial charge in [0.2, 0.25) is 0 Å². The highest BCUT2D eigenvalue weighted by atomic mass is 32.1. The number of amidine groups is 1. The van der Waals surface area contributed by atoms with Crippen molar-refractivity contribution in [3.63, 3.8) is 0 Å². The summed E-state index contributed by atoms with van der Waals surface area (Å²) in [7, 11) is 0. The normalized spacial score (nSPS) is 18.0. The molecular formula is C12H19N3S. The van der Waals surface area contributed by atoms with E-state index in [4.69, 9.17) is 10.8 Å². The van der Waals surface area contributed by atoms with Crippen molar-refractivity contribution in [3.8, 4) is 0 Å². The van der Waals surface area contributed by atoms with E-state index >= 15 is 0 Å². The van der Waals surface area contributed by atoms with Gasteiger partial charge in [0.1, 0.15) is 0 Å². The van der Waals surface area contributed by atoms with Crippen LogP contribution < -0.4 is 11.3 Å². The standard InChI is InChI=1S/C12H19N3S/c1-2-9-7-8-16-11(9)12(15-13)14-10-5-3-4-6-10/h7-8,10H,2-6,13H2,1H3,(H,14,15). The molecule has 3 nitrogen and oxygen atoms in total. The molecule has 0 aromatic carbocycles. The van der Waals surface area contributed by atoms with Crippen LogP contribution >= 0.6 is 11.3 Å². The lowest BCUT2D eigenvalue weighted by Crippen LogP contribution is -2.32. The maximum absolute atomic E-state index is 5.59. The number of hydrazine groups is 1. The Balaban J connectivity index is 2.21. The molecule has 16 heavy (non-hydrogen) atoms. The Labute approximate surface area is 101 Å². The van der Waals surface area contributed by atoms with Gasteiger partial charge in [-0.05, 0) is 36.3 Å². The highest BCUT2D eigenvalue weighted by molar-refractivity contribution is 7.12. The van der Waals surface area contributed by atoms with E-state index in [9.17, 15) is 0 Å². The van der Waals surface area contributed by atoms with Crippen LogP contribution in [-0.4, -0.2) is 11.9 Å². The average molecular weight is 237 g/mol. The van der Waals surface area contributed by atoms with Crippen molar-refractivity contribution in [2.75, 3.05) is 0 Å². The van der Waals surface area contributed by atoms with Crippen LogP contribution in [0, 0.1) is 0 Å². The molecule has 1 saturated carbocycles. The number of aryl methyl sites for hydroxylation is 1. The van der Waals surface area contributed by atoms with Crippen LogP contribution in [0.5, 0.6) is 0 Å². The maximum atomic E-state index is 5.59. The van der Waals surface area contributed by atoms with E-state index in [1.165, 1.54) is 36.1 Å². The predicted molar refractivity (Wildman–Crippen MR) is 69.8 cm³/mol. The van der Waals surface area contributed by atoms with E-state index in [1.54, 1.807) is 11.3 Å². The van der Waals surface area contributed by atoms with Crippen LogP contribution in [0.1, 0.15) is 43.0 Å². The summed E-state index contributed by atoms with van der Waals surface area (Å²) in [5.74, 6) is 6.47. The van der Waals surface area contributed by atoms with Gasteiger partial charge >= 0.3 is 0 Å². The molecule has 1 aromatic rings. The molecule has 0 atom stereocenters. The highest BCUT2D eigenvalue weighted by Crippen LogP contribution is 2.23. The van der Waals surface area contributed by atoms with E-state index in [2.05, 4.69) is 23.8 Å². The van der Waals surface area contributed by atoms with E-state index in [1.807, 2.05) is 0 Å². The maximum Gasteiger partial charge on any atom is 0.153 e. The second-order valence-corrected chi connectivity index (χ2v) is 5.10. The number of nitrogens with two attached hydrogens (primary N) is 1. The Morgan fingerprint density at radius 3 is 2.94 bits per heavy atom. The molecule has 0 amide bonds. The first-order valence-electron chi connectivity index (χ1n) is 5.96. The summed E-state index contributed by atoms with van der Waals surface area (Å²) >= 11 is 1.72. The molecule has 1 heterocycles. The van der Waals surface area contributed by atoms with Crippen molar-refractivity contribution in [1.29, 1.82) is 0 Å². The fraction of sp³-hybridized carbons (Fsp3) is 0.583. The number of hydrogen-bond acceptors (Lipinski definition) is 3. The fourth-order valence-corrected chi connectivity index (χ4v) is 3.15.